The van der Waals surface area contributed by atoms with Crippen LogP contribution in [0.3, 0.4) is 0 Å². The summed E-state index contributed by atoms with van der Waals surface area (Å²) in [5, 5.41) is 10.4. The zero-order chi connectivity index (χ0) is 18.1. The molecule has 0 aliphatic heterocycles. The van der Waals surface area contributed by atoms with Crippen molar-refractivity contribution in [3.05, 3.63) is 40.8 Å². The van der Waals surface area contributed by atoms with Crippen molar-refractivity contribution in [2.45, 2.75) is 19.1 Å². The molecule has 1 heterocycles. The van der Waals surface area contributed by atoms with E-state index in [9.17, 15) is 22.0 Å². The molecule has 2 aromatic rings. The minimum atomic E-state index is -4.62. The second-order valence-corrected chi connectivity index (χ2v) is 5.06. The Labute approximate surface area is 137 Å². The van der Waals surface area contributed by atoms with Crippen LogP contribution in [0, 0.1) is 23.0 Å². The van der Waals surface area contributed by atoms with Gasteiger partial charge in [-0.1, -0.05) is 11.6 Å². The average Bonchev–Trinajstić information content (AvgIpc) is 2.47. The summed E-state index contributed by atoms with van der Waals surface area (Å²) < 4.78 is 65.3. The second-order valence-electron chi connectivity index (χ2n) is 4.71. The Balaban J connectivity index is 2.64. The van der Waals surface area contributed by atoms with Crippen LogP contribution >= 0.6 is 11.6 Å². The van der Waals surface area contributed by atoms with Gasteiger partial charge in [0.1, 0.15) is 34.7 Å². The third-order valence-corrected chi connectivity index (χ3v) is 3.28. The lowest BCUT2D eigenvalue weighted by molar-refractivity contribution is -0.138. The molecular weight excluding hydrogens is 355 g/mol. The van der Waals surface area contributed by atoms with E-state index in [4.69, 9.17) is 16.9 Å². The van der Waals surface area contributed by atoms with Crippen LogP contribution in [0.4, 0.5) is 27.8 Å². The van der Waals surface area contributed by atoms with Crippen LogP contribution in [0.1, 0.15) is 12.7 Å². The average molecular weight is 363 g/mol. The zero-order valence-corrected chi connectivity index (χ0v) is 12.7. The van der Waals surface area contributed by atoms with E-state index in [1.165, 1.54) is 0 Å². The van der Waals surface area contributed by atoms with Crippen molar-refractivity contribution >= 4 is 17.4 Å². The topological polar surface area (TPSA) is 61.6 Å². The summed E-state index contributed by atoms with van der Waals surface area (Å²) >= 11 is 5.87. The smallest absolute Gasteiger partial charge is 0.358 e. The molecule has 0 aliphatic rings. The first-order chi connectivity index (χ1) is 11.1. The number of benzene rings is 1. The van der Waals surface area contributed by atoms with Crippen LogP contribution in [0.25, 0.3) is 11.1 Å². The third-order valence-electron chi connectivity index (χ3n) is 3.01. The molecule has 0 aliphatic carbocycles. The molecule has 1 aromatic heterocycles. The van der Waals surface area contributed by atoms with Gasteiger partial charge in [-0.05, 0) is 19.1 Å². The Kier molecular flexibility index (Phi) is 4.89. The van der Waals surface area contributed by atoms with Crippen molar-refractivity contribution in [1.29, 1.82) is 5.26 Å². The Hall–Kier alpha value is -2.47. The molecule has 0 fully saturated rings. The van der Waals surface area contributed by atoms with Crippen molar-refractivity contribution in [3.63, 3.8) is 0 Å². The van der Waals surface area contributed by atoms with Crippen molar-refractivity contribution in [1.82, 2.24) is 9.97 Å². The zero-order valence-electron chi connectivity index (χ0n) is 11.9. The summed E-state index contributed by atoms with van der Waals surface area (Å²) in [7, 11) is 0. The van der Waals surface area contributed by atoms with Gasteiger partial charge >= 0.3 is 6.18 Å². The van der Waals surface area contributed by atoms with Gasteiger partial charge in [0, 0.05) is 11.6 Å². The number of nitriles is 1. The largest absolute Gasteiger partial charge is 0.408 e. The van der Waals surface area contributed by atoms with Gasteiger partial charge in [0.05, 0.1) is 5.56 Å². The monoisotopic (exact) mass is 362 g/mol. The lowest BCUT2D eigenvalue weighted by Crippen LogP contribution is -2.33. The molecule has 10 heteroatoms. The molecule has 0 saturated heterocycles. The molecule has 0 bridgehead atoms. The number of halogens is 6. The number of nitrogens with zero attached hydrogens (tertiary/aromatic N) is 3. The minimum Gasteiger partial charge on any atom is -0.358 e. The van der Waals surface area contributed by atoms with E-state index in [0.29, 0.717) is 6.07 Å². The molecule has 0 unspecified atom stereocenters. The SMILES string of the molecule is C[C@H](Nc1nc(C#N)nc(Cl)c1-c1ccc(F)cc1F)C(F)(F)F. The molecule has 0 spiro atoms. The molecule has 1 N–H and O–H groups in total. The normalized spacial score (nSPS) is 12.6. The molecule has 1 aromatic carbocycles. The second kappa shape index (κ2) is 6.57. The maximum absolute atomic E-state index is 14.0. The lowest BCUT2D eigenvalue weighted by atomic mass is 10.1. The van der Waals surface area contributed by atoms with E-state index in [2.05, 4.69) is 9.97 Å². The number of hydrogen-bond acceptors (Lipinski definition) is 4. The van der Waals surface area contributed by atoms with Crippen LogP contribution in [-0.4, -0.2) is 22.2 Å². The predicted octanol–water partition coefficient (Wildman–Crippen LogP) is 4.31. The molecule has 4 nitrogen and oxygen atoms in total. The summed E-state index contributed by atoms with van der Waals surface area (Å²) in [5.74, 6) is -2.92. The summed E-state index contributed by atoms with van der Waals surface area (Å²) in [4.78, 5) is 7.19. The van der Waals surface area contributed by atoms with Gasteiger partial charge in [-0.15, -0.1) is 0 Å². The summed E-state index contributed by atoms with van der Waals surface area (Å²) in [5.41, 5.74) is -0.605. The van der Waals surface area contributed by atoms with Crippen molar-refractivity contribution < 1.29 is 22.0 Å². The number of anilines is 1. The standard InChI is InChI=1S/C14H8ClF5N4/c1-6(14(18,19)20)22-13-11(12(15)23-10(5-21)24-13)8-3-2-7(16)4-9(8)17/h2-4,6H,1H3,(H,22,23,24)/t6-/m0/s1. The number of alkyl halides is 3. The molecule has 0 saturated carbocycles. The van der Waals surface area contributed by atoms with Crippen LogP contribution in [0.2, 0.25) is 5.15 Å². The lowest BCUT2D eigenvalue weighted by Gasteiger charge is -2.20. The maximum atomic E-state index is 14.0. The van der Waals surface area contributed by atoms with Gasteiger partial charge in [-0.25, -0.2) is 18.7 Å². The third kappa shape index (κ3) is 3.71. The van der Waals surface area contributed by atoms with Crippen LogP contribution in [0.15, 0.2) is 18.2 Å². The van der Waals surface area contributed by atoms with Crippen LogP contribution in [-0.2, 0) is 0 Å². The quantitative estimate of drug-likeness (QED) is 0.653. The highest BCUT2D eigenvalue weighted by atomic mass is 35.5. The van der Waals surface area contributed by atoms with E-state index >= 15 is 0 Å². The van der Waals surface area contributed by atoms with Gasteiger partial charge in [0.25, 0.3) is 0 Å². The summed E-state index contributed by atoms with van der Waals surface area (Å²) in [6, 6.07) is 1.92. The Morgan fingerprint density at radius 2 is 1.92 bits per heavy atom. The molecule has 24 heavy (non-hydrogen) atoms. The number of rotatable bonds is 3. The minimum absolute atomic E-state index is 0.302. The molecular formula is C14H8ClF5N4. The van der Waals surface area contributed by atoms with E-state index < -0.39 is 40.6 Å². The molecule has 0 amide bonds. The van der Waals surface area contributed by atoms with E-state index in [1.807, 2.05) is 5.32 Å². The first kappa shape index (κ1) is 17.9. The predicted molar refractivity (Wildman–Crippen MR) is 76.2 cm³/mol. The first-order valence-electron chi connectivity index (χ1n) is 6.39. The summed E-state index contributed by atoms with van der Waals surface area (Å²) in [6.07, 6.45) is -4.62. The molecule has 1 atom stereocenters. The fourth-order valence-electron chi connectivity index (χ4n) is 1.81. The van der Waals surface area contributed by atoms with Crippen molar-refractivity contribution in [2.24, 2.45) is 0 Å². The highest BCUT2D eigenvalue weighted by Gasteiger charge is 2.37. The summed E-state index contributed by atoms with van der Waals surface area (Å²) in [6.45, 7) is 0.812. The van der Waals surface area contributed by atoms with Crippen LogP contribution < -0.4 is 5.32 Å². The Bertz CT molecular complexity index is 816. The Morgan fingerprint density at radius 3 is 2.46 bits per heavy atom. The highest BCUT2D eigenvalue weighted by molar-refractivity contribution is 6.32. The number of aromatic nitrogens is 2. The Morgan fingerprint density at radius 1 is 1.25 bits per heavy atom. The van der Waals surface area contributed by atoms with E-state index in [1.54, 1.807) is 6.07 Å². The van der Waals surface area contributed by atoms with Crippen molar-refractivity contribution in [3.8, 4) is 17.2 Å². The van der Waals surface area contributed by atoms with Gasteiger partial charge in [-0.2, -0.15) is 18.4 Å². The first-order valence-corrected chi connectivity index (χ1v) is 6.77. The fourth-order valence-corrected chi connectivity index (χ4v) is 2.08. The van der Waals surface area contributed by atoms with Gasteiger partial charge in [-0.3, -0.25) is 0 Å². The fraction of sp³-hybridized carbons (Fsp3) is 0.214. The van der Waals surface area contributed by atoms with Crippen LogP contribution in [0.5, 0.6) is 0 Å². The van der Waals surface area contributed by atoms with Gasteiger partial charge in [0.15, 0.2) is 0 Å². The molecule has 126 valence electrons. The molecule has 2 rings (SSSR count). The van der Waals surface area contributed by atoms with Crippen molar-refractivity contribution in [2.75, 3.05) is 5.32 Å². The van der Waals surface area contributed by atoms with Gasteiger partial charge < -0.3 is 5.32 Å². The highest BCUT2D eigenvalue weighted by Crippen LogP contribution is 2.36. The maximum Gasteiger partial charge on any atom is 0.408 e. The number of hydrogen-bond donors (Lipinski definition) is 1. The number of nitrogens with one attached hydrogen (secondary N) is 1. The van der Waals surface area contributed by atoms with E-state index in [0.717, 1.165) is 19.1 Å². The van der Waals surface area contributed by atoms with Gasteiger partial charge in [0.2, 0.25) is 5.82 Å². The van der Waals surface area contributed by atoms with E-state index in [-0.39, 0.29) is 11.1 Å². The molecule has 0 radical (unpaired) electrons.